The molecule has 0 aliphatic rings. The van der Waals surface area contributed by atoms with Crippen LogP contribution in [0.1, 0.15) is 21.5 Å². The number of hydrogen-bond donors (Lipinski definition) is 0. The molecule has 0 radical (unpaired) electrons. The summed E-state index contributed by atoms with van der Waals surface area (Å²) >= 11 is 2.04. The first-order valence-corrected chi connectivity index (χ1v) is 8.83. The van der Waals surface area contributed by atoms with Crippen LogP contribution in [0, 0.1) is 13.7 Å². The predicted octanol–water partition coefficient (Wildman–Crippen LogP) is 4.20. The smallest absolute Gasteiger partial charge is 0.312 e. The molecule has 0 amide bonds. The van der Waals surface area contributed by atoms with Crippen molar-refractivity contribution in [1.82, 2.24) is 4.98 Å². The lowest BCUT2D eigenvalue weighted by Crippen LogP contribution is -2.09. The second-order valence-corrected chi connectivity index (χ2v) is 6.50. The molecule has 3 aromatic rings. The van der Waals surface area contributed by atoms with Gasteiger partial charge >= 0.3 is 5.97 Å². The molecular weight excluding hydrogens is 461 g/mol. The summed E-state index contributed by atoms with van der Waals surface area (Å²) in [5, 5.41) is 14.9. The Bertz CT molecular complexity index is 1000. The highest BCUT2D eigenvalue weighted by atomic mass is 127. The van der Waals surface area contributed by atoms with E-state index in [1.54, 1.807) is 54.9 Å². The Hall–Kier alpha value is -3.14. The topological polar surface area (TPSA) is 94.7 Å². The first-order valence-electron chi connectivity index (χ1n) is 7.75. The van der Waals surface area contributed by atoms with E-state index in [1.807, 2.05) is 28.7 Å². The summed E-state index contributed by atoms with van der Waals surface area (Å²) in [7, 11) is 0. The van der Waals surface area contributed by atoms with E-state index in [0.717, 1.165) is 3.57 Å². The number of aromatic nitrogens is 1. The van der Waals surface area contributed by atoms with Gasteiger partial charge in [-0.05, 0) is 59.0 Å². The molecule has 8 heteroatoms. The number of halogens is 1. The van der Waals surface area contributed by atoms with Crippen molar-refractivity contribution in [2.45, 2.75) is 0 Å². The van der Waals surface area contributed by atoms with E-state index in [4.69, 9.17) is 4.84 Å². The fraction of sp³-hybridized carbons (Fsp3) is 0. The van der Waals surface area contributed by atoms with Crippen LogP contribution in [-0.4, -0.2) is 21.6 Å². The zero-order valence-electron chi connectivity index (χ0n) is 13.8. The molecule has 134 valence electrons. The van der Waals surface area contributed by atoms with Crippen molar-refractivity contribution < 1.29 is 14.6 Å². The van der Waals surface area contributed by atoms with Crippen LogP contribution < -0.4 is 0 Å². The number of nitro benzene ring substituents is 1. The maximum Gasteiger partial charge on any atom is 0.366 e. The van der Waals surface area contributed by atoms with E-state index < -0.39 is 10.9 Å². The molecule has 27 heavy (non-hydrogen) atoms. The van der Waals surface area contributed by atoms with Gasteiger partial charge in [0.1, 0.15) is 5.71 Å². The van der Waals surface area contributed by atoms with Gasteiger partial charge in [0.15, 0.2) is 0 Å². The van der Waals surface area contributed by atoms with Crippen LogP contribution in [0.3, 0.4) is 0 Å². The number of pyridine rings is 1. The molecule has 0 bridgehead atoms. The van der Waals surface area contributed by atoms with E-state index in [-0.39, 0.29) is 5.69 Å². The highest BCUT2D eigenvalue weighted by Gasteiger charge is 2.14. The number of non-ortho nitro benzene ring substituents is 1. The highest BCUT2D eigenvalue weighted by Crippen LogP contribution is 2.17. The van der Waals surface area contributed by atoms with Gasteiger partial charge in [0.2, 0.25) is 0 Å². The highest BCUT2D eigenvalue weighted by molar-refractivity contribution is 14.1. The minimum absolute atomic E-state index is 0.0383. The second-order valence-electron chi connectivity index (χ2n) is 5.34. The largest absolute Gasteiger partial charge is 0.366 e. The quantitative estimate of drug-likeness (QED) is 0.182. The van der Waals surface area contributed by atoms with Crippen molar-refractivity contribution in [3.63, 3.8) is 0 Å². The second kappa shape index (κ2) is 8.49. The van der Waals surface area contributed by atoms with E-state index >= 15 is 0 Å². The Morgan fingerprint density at radius 3 is 2.26 bits per heavy atom. The molecule has 0 aliphatic heterocycles. The van der Waals surface area contributed by atoms with Gasteiger partial charge in [-0.2, -0.15) is 0 Å². The minimum atomic E-state index is -0.589. The standard InChI is InChI=1S/C19H12IN3O4/c20-17-4-2-1-3-16(17)19(24)27-22-18(14-9-11-21-12-10-14)13-5-7-15(8-6-13)23(25)26/h1-12H/b22-18+. The summed E-state index contributed by atoms with van der Waals surface area (Å²) in [5.74, 6) is -0.589. The summed E-state index contributed by atoms with van der Waals surface area (Å²) in [4.78, 5) is 31.8. The number of benzene rings is 2. The number of carbonyl (C=O) groups is 1. The molecule has 3 rings (SSSR count). The number of rotatable bonds is 5. The Kier molecular flexibility index (Phi) is 5.87. The zero-order chi connectivity index (χ0) is 19.2. The molecule has 1 heterocycles. The third-order valence-electron chi connectivity index (χ3n) is 3.62. The Morgan fingerprint density at radius 1 is 1.00 bits per heavy atom. The summed E-state index contributed by atoms with van der Waals surface area (Å²) < 4.78 is 0.746. The lowest BCUT2D eigenvalue weighted by molar-refractivity contribution is -0.384. The molecule has 0 atom stereocenters. The Morgan fingerprint density at radius 2 is 1.63 bits per heavy atom. The van der Waals surface area contributed by atoms with Crippen molar-refractivity contribution in [2.75, 3.05) is 0 Å². The van der Waals surface area contributed by atoms with Gasteiger partial charge in [0.25, 0.3) is 5.69 Å². The number of nitro groups is 1. The average molecular weight is 473 g/mol. The minimum Gasteiger partial charge on any atom is -0.312 e. The lowest BCUT2D eigenvalue weighted by Gasteiger charge is -2.07. The van der Waals surface area contributed by atoms with Crippen molar-refractivity contribution in [1.29, 1.82) is 0 Å². The number of nitrogens with zero attached hydrogens (tertiary/aromatic N) is 3. The van der Waals surface area contributed by atoms with E-state index in [2.05, 4.69) is 10.1 Å². The fourth-order valence-electron chi connectivity index (χ4n) is 2.29. The van der Waals surface area contributed by atoms with Crippen LogP contribution in [0.2, 0.25) is 0 Å². The number of oxime groups is 1. The van der Waals surface area contributed by atoms with E-state index in [1.165, 1.54) is 12.1 Å². The Balaban J connectivity index is 1.95. The molecule has 0 saturated carbocycles. The van der Waals surface area contributed by atoms with E-state index in [9.17, 15) is 14.9 Å². The van der Waals surface area contributed by atoms with Gasteiger partial charge in [0.05, 0.1) is 10.5 Å². The molecule has 0 spiro atoms. The SMILES string of the molecule is O=C(O/N=C(/c1ccncc1)c1ccc([N+](=O)[O-])cc1)c1ccccc1I. The third kappa shape index (κ3) is 4.53. The molecule has 7 nitrogen and oxygen atoms in total. The van der Waals surface area contributed by atoms with Crippen molar-refractivity contribution >= 4 is 40.0 Å². The maximum atomic E-state index is 12.3. The van der Waals surface area contributed by atoms with Crippen LogP contribution in [0.15, 0.2) is 78.2 Å². The van der Waals surface area contributed by atoms with E-state index in [0.29, 0.717) is 22.4 Å². The van der Waals surface area contributed by atoms with Gasteiger partial charge in [-0.1, -0.05) is 17.3 Å². The molecule has 0 fully saturated rings. The fourth-order valence-corrected chi connectivity index (χ4v) is 2.89. The summed E-state index contributed by atoms with van der Waals surface area (Å²) in [5.41, 5.74) is 1.96. The first kappa shape index (κ1) is 18.6. The summed E-state index contributed by atoms with van der Waals surface area (Å²) in [6.45, 7) is 0. The van der Waals surface area contributed by atoms with Gasteiger partial charge in [0, 0.05) is 39.2 Å². The van der Waals surface area contributed by atoms with Crippen molar-refractivity contribution in [3.8, 4) is 0 Å². The van der Waals surface area contributed by atoms with Crippen molar-refractivity contribution in [2.24, 2.45) is 5.16 Å². The third-order valence-corrected chi connectivity index (χ3v) is 4.56. The molecule has 2 aromatic carbocycles. The van der Waals surface area contributed by atoms with Crippen LogP contribution >= 0.6 is 22.6 Å². The summed E-state index contributed by atoms with van der Waals surface area (Å²) in [6, 6.07) is 16.3. The first-order chi connectivity index (χ1) is 13.1. The van der Waals surface area contributed by atoms with Gasteiger partial charge in [-0.25, -0.2) is 4.79 Å². The van der Waals surface area contributed by atoms with Crippen molar-refractivity contribution in [3.05, 3.63) is 103 Å². The molecular formula is C19H12IN3O4. The predicted molar refractivity (Wildman–Crippen MR) is 108 cm³/mol. The van der Waals surface area contributed by atoms with Crippen LogP contribution in [0.5, 0.6) is 0 Å². The van der Waals surface area contributed by atoms with Crippen LogP contribution in [-0.2, 0) is 4.84 Å². The van der Waals surface area contributed by atoms with Gasteiger partial charge in [-0.15, -0.1) is 0 Å². The summed E-state index contributed by atoms with van der Waals surface area (Å²) in [6.07, 6.45) is 3.16. The molecule has 0 N–H and O–H groups in total. The lowest BCUT2D eigenvalue weighted by atomic mass is 10.0. The average Bonchev–Trinajstić information content (AvgIpc) is 2.69. The van der Waals surface area contributed by atoms with Gasteiger partial charge < -0.3 is 4.84 Å². The normalized spacial score (nSPS) is 11.1. The molecule has 0 saturated heterocycles. The Labute approximate surface area is 168 Å². The van der Waals surface area contributed by atoms with Gasteiger partial charge in [-0.3, -0.25) is 15.1 Å². The number of carbonyl (C=O) groups excluding carboxylic acids is 1. The monoisotopic (exact) mass is 473 g/mol. The molecule has 1 aromatic heterocycles. The molecule has 0 aliphatic carbocycles. The number of hydrogen-bond acceptors (Lipinski definition) is 6. The van der Waals surface area contributed by atoms with Crippen LogP contribution in [0.25, 0.3) is 0 Å². The molecule has 0 unspecified atom stereocenters. The van der Waals surface area contributed by atoms with Crippen LogP contribution in [0.4, 0.5) is 5.69 Å². The zero-order valence-corrected chi connectivity index (χ0v) is 15.9. The maximum absolute atomic E-state index is 12.3.